The van der Waals surface area contributed by atoms with Crippen LogP contribution in [0.4, 0.5) is 10.1 Å². The molecule has 0 aromatic heterocycles. The fourth-order valence-corrected chi connectivity index (χ4v) is 2.60. The van der Waals surface area contributed by atoms with Crippen molar-refractivity contribution in [2.24, 2.45) is 0 Å². The fraction of sp³-hybridized carbons (Fsp3) is 0.533. The molecule has 104 valence electrons. The number of likely N-dealkylation sites (tertiary alicyclic amines) is 1. The smallest absolute Gasteiger partial charge is 0.164 e. The van der Waals surface area contributed by atoms with E-state index in [0.29, 0.717) is 18.0 Å². The molecule has 1 aromatic carbocycles. The number of hydrogen-bond acceptors (Lipinski definition) is 3. The molecule has 0 spiro atoms. The second kappa shape index (κ2) is 6.15. The average molecular weight is 264 g/mol. The maximum absolute atomic E-state index is 13.0. The van der Waals surface area contributed by atoms with E-state index in [1.165, 1.54) is 37.5 Å². The number of nitrogens with two attached hydrogens (primary N) is 1. The van der Waals surface area contributed by atoms with Crippen LogP contribution in [0, 0.1) is 5.82 Å². The molecule has 1 heterocycles. The third-order valence-corrected chi connectivity index (χ3v) is 3.88. The van der Waals surface area contributed by atoms with E-state index in [1.807, 2.05) is 0 Å². The molecule has 4 heteroatoms. The summed E-state index contributed by atoms with van der Waals surface area (Å²) in [6.07, 6.45) is 4.16. The van der Waals surface area contributed by atoms with Crippen LogP contribution in [-0.4, -0.2) is 29.8 Å². The number of nitrogens with zero attached hydrogens (tertiary/aromatic N) is 1. The Hall–Kier alpha value is -1.42. The number of halogens is 1. The molecule has 2 rings (SSSR count). The monoisotopic (exact) mass is 264 g/mol. The van der Waals surface area contributed by atoms with Crippen LogP contribution in [0.25, 0.3) is 0 Å². The van der Waals surface area contributed by atoms with Crippen LogP contribution in [0.15, 0.2) is 18.2 Å². The van der Waals surface area contributed by atoms with Crippen LogP contribution in [0.3, 0.4) is 0 Å². The number of Topliss-reactive ketones (excluding diaryl/α,β-unsaturated/α-hetero) is 1. The van der Waals surface area contributed by atoms with E-state index in [1.54, 1.807) is 0 Å². The summed E-state index contributed by atoms with van der Waals surface area (Å²) < 4.78 is 13.0. The van der Waals surface area contributed by atoms with Crippen molar-refractivity contribution in [2.45, 2.75) is 38.6 Å². The van der Waals surface area contributed by atoms with Gasteiger partial charge in [0.25, 0.3) is 0 Å². The van der Waals surface area contributed by atoms with E-state index >= 15 is 0 Å². The van der Waals surface area contributed by atoms with E-state index in [9.17, 15) is 9.18 Å². The molecule has 1 saturated heterocycles. The van der Waals surface area contributed by atoms with Gasteiger partial charge in [0.05, 0.1) is 5.69 Å². The van der Waals surface area contributed by atoms with Gasteiger partial charge in [-0.2, -0.15) is 0 Å². The standard InChI is InChI=1S/C15H21FN2O/c1-11-4-2-3-8-18(11)9-7-15(19)12-5-6-13(16)14(17)10-12/h5-6,10-11H,2-4,7-9,17H2,1H3. The Labute approximate surface area is 113 Å². The van der Waals surface area contributed by atoms with Crippen LogP contribution in [-0.2, 0) is 0 Å². The van der Waals surface area contributed by atoms with E-state index in [-0.39, 0.29) is 11.5 Å². The van der Waals surface area contributed by atoms with Gasteiger partial charge in [0, 0.05) is 24.6 Å². The summed E-state index contributed by atoms with van der Waals surface area (Å²) in [6, 6.07) is 4.75. The van der Waals surface area contributed by atoms with Gasteiger partial charge in [-0.05, 0) is 44.5 Å². The quantitative estimate of drug-likeness (QED) is 0.672. The molecule has 1 unspecified atom stereocenters. The minimum Gasteiger partial charge on any atom is -0.396 e. The zero-order chi connectivity index (χ0) is 13.8. The number of rotatable bonds is 4. The molecule has 0 bridgehead atoms. The molecule has 3 nitrogen and oxygen atoms in total. The molecular formula is C15H21FN2O. The van der Waals surface area contributed by atoms with Gasteiger partial charge in [-0.25, -0.2) is 4.39 Å². The molecule has 19 heavy (non-hydrogen) atoms. The topological polar surface area (TPSA) is 46.3 Å². The Bertz CT molecular complexity index is 461. The first-order chi connectivity index (χ1) is 9.08. The SMILES string of the molecule is CC1CCCCN1CCC(=O)c1ccc(F)c(N)c1. The first-order valence-corrected chi connectivity index (χ1v) is 6.90. The average Bonchev–Trinajstić information content (AvgIpc) is 2.40. The van der Waals surface area contributed by atoms with Crippen molar-refractivity contribution in [1.82, 2.24) is 4.90 Å². The van der Waals surface area contributed by atoms with Gasteiger partial charge < -0.3 is 10.6 Å². The molecule has 1 fully saturated rings. The van der Waals surface area contributed by atoms with E-state index in [4.69, 9.17) is 5.73 Å². The van der Waals surface area contributed by atoms with Crippen molar-refractivity contribution < 1.29 is 9.18 Å². The highest BCUT2D eigenvalue weighted by atomic mass is 19.1. The zero-order valence-corrected chi connectivity index (χ0v) is 11.4. The zero-order valence-electron chi connectivity index (χ0n) is 11.4. The lowest BCUT2D eigenvalue weighted by atomic mass is 10.0. The molecule has 1 aliphatic rings. The summed E-state index contributed by atoms with van der Waals surface area (Å²) in [7, 11) is 0. The van der Waals surface area contributed by atoms with Gasteiger partial charge >= 0.3 is 0 Å². The number of carbonyl (C=O) groups is 1. The number of carbonyl (C=O) groups excluding carboxylic acids is 1. The molecule has 0 aliphatic carbocycles. The van der Waals surface area contributed by atoms with Crippen molar-refractivity contribution in [1.29, 1.82) is 0 Å². The van der Waals surface area contributed by atoms with Gasteiger partial charge in [0.1, 0.15) is 5.82 Å². The number of anilines is 1. The van der Waals surface area contributed by atoms with Crippen molar-refractivity contribution in [3.8, 4) is 0 Å². The molecule has 2 N–H and O–H groups in total. The second-order valence-electron chi connectivity index (χ2n) is 5.29. The molecule has 1 atom stereocenters. The number of piperidine rings is 1. The molecule has 0 amide bonds. The number of hydrogen-bond donors (Lipinski definition) is 1. The lowest BCUT2D eigenvalue weighted by Gasteiger charge is -2.33. The Balaban J connectivity index is 1.91. The van der Waals surface area contributed by atoms with Crippen molar-refractivity contribution in [2.75, 3.05) is 18.8 Å². The van der Waals surface area contributed by atoms with Crippen molar-refractivity contribution >= 4 is 11.5 Å². The minimum atomic E-state index is -0.471. The third-order valence-electron chi connectivity index (χ3n) is 3.88. The third kappa shape index (κ3) is 3.53. The fourth-order valence-electron chi connectivity index (χ4n) is 2.60. The Kier molecular flexibility index (Phi) is 4.53. The highest BCUT2D eigenvalue weighted by Crippen LogP contribution is 2.18. The van der Waals surface area contributed by atoms with E-state index < -0.39 is 5.82 Å². The van der Waals surface area contributed by atoms with Crippen molar-refractivity contribution in [3.63, 3.8) is 0 Å². The maximum Gasteiger partial charge on any atom is 0.164 e. The first-order valence-electron chi connectivity index (χ1n) is 6.90. The Morgan fingerprint density at radius 1 is 1.47 bits per heavy atom. The normalized spacial score (nSPS) is 20.4. The van der Waals surface area contributed by atoms with Gasteiger partial charge in [0.2, 0.25) is 0 Å². The van der Waals surface area contributed by atoms with Crippen LogP contribution in [0.1, 0.15) is 43.0 Å². The minimum absolute atomic E-state index is 0.0319. The number of benzene rings is 1. The van der Waals surface area contributed by atoms with Crippen LogP contribution in [0.5, 0.6) is 0 Å². The van der Waals surface area contributed by atoms with Gasteiger partial charge in [-0.3, -0.25) is 4.79 Å². The maximum atomic E-state index is 13.0. The summed E-state index contributed by atoms with van der Waals surface area (Å²) >= 11 is 0. The van der Waals surface area contributed by atoms with E-state index in [0.717, 1.165) is 13.1 Å². The van der Waals surface area contributed by atoms with E-state index in [2.05, 4.69) is 11.8 Å². The molecule has 0 radical (unpaired) electrons. The van der Waals surface area contributed by atoms with Crippen LogP contribution < -0.4 is 5.73 Å². The highest BCUT2D eigenvalue weighted by molar-refractivity contribution is 5.96. The lowest BCUT2D eigenvalue weighted by molar-refractivity contribution is 0.0935. The summed E-state index contributed by atoms with van der Waals surface area (Å²) in [5.74, 6) is -0.439. The highest BCUT2D eigenvalue weighted by Gasteiger charge is 2.19. The second-order valence-corrected chi connectivity index (χ2v) is 5.29. The number of nitrogen functional groups attached to an aromatic ring is 1. The summed E-state index contributed by atoms with van der Waals surface area (Å²) in [4.78, 5) is 14.4. The van der Waals surface area contributed by atoms with Crippen LogP contribution in [0.2, 0.25) is 0 Å². The molecule has 1 aromatic rings. The van der Waals surface area contributed by atoms with Crippen LogP contribution >= 0.6 is 0 Å². The van der Waals surface area contributed by atoms with Gasteiger partial charge in [-0.15, -0.1) is 0 Å². The van der Waals surface area contributed by atoms with Crippen molar-refractivity contribution in [3.05, 3.63) is 29.6 Å². The van der Waals surface area contributed by atoms with Gasteiger partial charge in [-0.1, -0.05) is 6.42 Å². The predicted molar refractivity (Wildman–Crippen MR) is 74.6 cm³/mol. The van der Waals surface area contributed by atoms with Gasteiger partial charge in [0.15, 0.2) is 5.78 Å². The molecule has 0 saturated carbocycles. The Morgan fingerprint density at radius 2 is 2.26 bits per heavy atom. The molecular weight excluding hydrogens is 243 g/mol. The first kappa shape index (κ1) is 14.0. The predicted octanol–water partition coefficient (Wildman–Crippen LogP) is 2.86. The summed E-state index contributed by atoms with van der Waals surface area (Å²) in [5.41, 5.74) is 6.02. The summed E-state index contributed by atoms with van der Waals surface area (Å²) in [5, 5.41) is 0. The molecule has 1 aliphatic heterocycles. The number of ketones is 1. The lowest BCUT2D eigenvalue weighted by Crippen LogP contribution is -2.38. The largest absolute Gasteiger partial charge is 0.396 e. The Morgan fingerprint density at radius 3 is 2.95 bits per heavy atom. The summed E-state index contributed by atoms with van der Waals surface area (Å²) in [6.45, 7) is 4.05.